The minimum atomic E-state index is -3.75. The highest BCUT2D eigenvalue weighted by Gasteiger charge is 2.11. The van der Waals surface area contributed by atoms with Gasteiger partial charge in [0.25, 0.3) is 10.0 Å². The zero-order valence-electron chi connectivity index (χ0n) is 8.18. The fourth-order valence-corrected chi connectivity index (χ4v) is 1.61. The Morgan fingerprint density at radius 2 is 2.00 bits per heavy atom. The van der Waals surface area contributed by atoms with Gasteiger partial charge in [-0.25, -0.2) is 23.5 Å². The van der Waals surface area contributed by atoms with E-state index in [9.17, 15) is 8.42 Å². The standard InChI is InChI=1S/C8H9N5O2S/c9-16(14,15)8-2-5-13(12-8)6-7-10-3-1-4-11-7/h1-5H,6H2,(H2,9,14,15). The number of rotatable bonds is 3. The molecule has 8 heteroatoms. The SMILES string of the molecule is NS(=O)(=O)c1ccn(Cc2ncccn2)n1. The summed E-state index contributed by atoms with van der Waals surface area (Å²) < 4.78 is 23.4. The van der Waals surface area contributed by atoms with E-state index in [1.807, 2.05) is 0 Å². The number of aromatic nitrogens is 4. The predicted octanol–water partition coefficient (Wildman–Crippen LogP) is -0.631. The quantitative estimate of drug-likeness (QED) is 0.767. The summed E-state index contributed by atoms with van der Waals surface area (Å²) in [5.74, 6) is 0.548. The van der Waals surface area contributed by atoms with Crippen molar-refractivity contribution in [2.75, 3.05) is 0 Å². The minimum absolute atomic E-state index is 0.163. The van der Waals surface area contributed by atoms with E-state index >= 15 is 0 Å². The molecule has 0 aliphatic heterocycles. The monoisotopic (exact) mass is 239 g/mol. The van der Waals surface area contributed by atoms with Gasteiger partial charge in [-0.2, -0.15) is 5.10 Å². The van der Waals surface area contributed by atoms with Crippen LogP contribution in [0.15, 0.2) is 35.7 Å². The van der Waals surface area contributed by atoms with Crippen molar-refractivity contribution < 1.29 is 8.42 Å². The van der Waals surface area contributed by atoms with Crippen molar-refractivity contribution in [1.82, 2.24) is 19.7 Å². The molecule has 0 saturated carbocycles. The fraction of sp³-hybridized carbons (Fsp3) is 0.125. The molecular weight excluding hydrogens is 230 g/mol. The van der Waals surface area contributed by atoms with E-state index in [1.54, 1.807) is 18.5 Å². The molecule has 0 bridgehead atoms. The average Bonchev–Trinajstić information content (AvgIpc) is 2.67. The Balaban J connectivity index is 2.22. The minimum Gasteiger partial charge on any atom is -0.264 e. The van der Waals surface area contributed by atoms with Crippen LogP contribution in [0.1, 0.15) is 5.82 Å². The molecule has 7 nitrogen and oxygen atoms in total. The van der Waals surface area contributed by atoms with Crippen molar-refractivity contribution in [3.8, 4) is 0 Å². The number of nitrogens with zero attached hydrogens (tertiary/aromatic N) is 4. The van der Waals surface area contributed by atoms with Gasteiger partial charge in [-0.3, -0.25) is 4.68 Å². The number of sulfonamides is 1. The Kier molecular flexibility index (Phi) is 2.67. The van der Waals surface area contributed by atoms with Gasteiger partial charge < -0.3 is 0 Å². The Morgan fingerprint density at radius 1 is 1.31 bits per heavy atom. The lowest BCUT2D eigenvalue weighted by Crippen LogP contribution is -2.14. The highest BCUT2D eigenvalue weighted by molar-refractivity contribution is 7.89. The van der Waals surface area contributed by atoms with Crippen LogP contribution in [0.25, 0.3) is 0 Å². The molecule has 0 aliphatic rings. The number of hydrogen-bond acceptors (Lipinski definition) is 5. The lowest BCUT2D eigenvalue weighted by atomic mass is 10.5. The third-order valence-corrected chi connectivity index (χ3v) is 2.63. The predicted molar refractivity (Wildman–Crippen MR) is 54.7 cm³/mol. The lowest BCUT2D eigenvalue weighted by molar-refractivity contribution is 0.583. The molecule has 2 N–H and O–H groups in total. The normalized spacial score (nSPS) is 11.6. The molecule has 2 heterocycles. The Bertz CT molecular complexity index is 577. The molecular formula is C8H9N5O2S. The van der Waals surface area contributed by atoms with E-state index in [-0.39, 0.29) is 5.03 Å². The first-order chi connectivity index (χ1) is 7.55. The molecule has 84 valence electrons. The molecule has 0 aliphatic carbocycles. The molecule has 0 fully saturated rings. The topological polar surface area (TPSA) is 104 Å². The van der Waals surface area contributed by atoms with Gasteiger partial charge in [0.2, 0.25) is 0 Å². The molecule has 0 unspecified atom stereocenters. The van der Waals surface area contributed by atoms with Gasteiger partial charge in [0, 0.05) is 18.6 Å². The van der Waals surface area contributed by atoms with Crippen LogP contribution in [0.3, 0.4) is 0 Å². The van der Waals surface area contributed by atoms with E-state index in [0.29, 0.717) is 12.4 Å². The van der Waals surface area contributed by atoms with E-state index in [4.69, 9.17) is 5.14 Å². The summed E-state index contributed by atoms with van der Waals surface area (Å²) in [6.07, 6.45) is 4.72. The second-order valence-electron chi connectivity index (χ2n) is 3.06. The fourth-order valence-electron chi connectivity index (χ4n) is 1.14. The third kappa shape index (κ3) is 2.41. The van der Waals surface area contributed by atoms with Crippen molar-refractivity contribution in [2.45, 2.75) is 11.6 Å². The van der Waals surface area contributed by atoms with Crippen molar-refractivity contribution in [2.24, 2.45) is 5.14 Å². The van der Waals surface area contributed by atoms with E-state index in [1.165, 1.54) is 16.9 Å². The Labute approximate surface area is 92.0 Å². The van der Waals surface area contributed by atoms with E-state index in [2.05, 4.69) is 15.1 Å². The summed E-state index contributed by atoms with van der Waals surface area (Å²) in [6.45, 7) is 0.302. The molecule has 0 radical (unpaired) electrons. The van der Waals surface area contributed by atoms with E-state index < -0.39 is 10.0 Å². The highest BCUT2D eigenvalue weighted by atomic mass is 32.2. The number of nitrogens with two attached hydrogens (primary N) is 1. The van der Waals surface area contributed by atoms with Gasteiger partial charge in [-0.1, -0.05) is 0 Å². The van der Waals surface area contributed by atoms with E-state index in [0.717, 1.165) is 0 Å². The summed E-state index contributed by atoms with van der Waals surface area (Å²) >= 11 is 0. The van der Waals surface area contributed by atoms with Gasteiger partial charge in [-0.05, 0) is 12.1 Å². The van der Waals surface area contributed by atoms with Crippen LogP contribution in [0.4, 0.5) is 0 Å². The summed E-state index contributed by atoms with van der Waals surface area (Å²) in [7, 11) is -3.75. The van der Waals surface area contributed by atoms with Gasteiger partial charge in [0.1, 0.15) is 12.4 Å². The third-order valence-electron chi connectivity index (χ3n) is 1.83. The summed E-state index contributed by atoms with van der Waals surface area (Å²) in [5.41, 5.74) is 0. The van der Waals surface area contributed by atoms with Crippen LogP contribution in [-0.2, 0) is 16.6 Å². The van der Waals surface area contributed by atoms with Crippen LogP contribution in [0.2, 0.25) is 0 Å². The van der Waals surface area contributed by atoms with Crippen LogP contribution < -0.4 is 5.14 Å². The van der Waals surface area contributed by atoms with Crippen molar-refractivity contribution >= 4 is 10.0 Å². The van der Waals surface area contributed by atoms with Crippen molar-refractivity contribution in [3.63, 3.8) is 0 Å². The first kappa shape index (κ1) is 10.7. The van der Waals surface area contributed by atoms with Crippen molar-refractivity contribution in [1.29, 1.82) is 0 Å². The van der Waals surface area contributed by atoms with Crippen LogP contribution in [0.5, 0.6) is 0 Å². The zero-order chi connectivity index (χ0) is 11.6. The second-order valence-corrected chi connectivity index (χ2v) is 4.57. The molecule has 2 aromatic rings. The zero-order valence-corrected chi connectivity index (χ0v) is 9.00. The number of hydrogen-bond donors (Lipinski definition) is 1. The molecule has 16 heavy (non-hydrogen) atoms. The maximum Gasteiger partial charge on any atom is 0.257 e. The largest absolute Gasteiger partial charge is 0.264 e. The van der Waals surface area contributed by atoms with Gasteiger partial charge in [0.05, 0.1) is 0 Å². The Hall–Kier alpha value is -1.80. The van der Waals surface area contributed by atoms with Crippen LogP contribution in [-0.4, -0.2) is 28.2 Å². The molecule has 0 atom stereocenters. The Morgan fingerprint density at radius 3 is 2.56 bits per heavy atom. The summed E-state index contributed by atoms with van der Waals surface area (Å²) in [4.78, 5) is 7.99. The maximum atomic E-state index is 11.0. The van der Waals surface area contributed by atoms with Gasteiger partial charge >= 0.3 is 0 Å². The first-order valence-electron chi connectivity index (χ1n) is 4.38. The van der Waals surface area contributed by atoms with Crippen LogP contribution >= 0.6 is 0 Å². The molecule has 0 saturated heterocycles. The van der Waals surface area contributed by atoms with Gasteiger partial charge in [-0.15, -0.1) is 0 Å². The first-order valence-corrected chi connectivity index (χ1v) is 5.92. The second kappa shape index (κ2) is 3.99. The average molecular weight is 239 g/mol. The summed E-state index contributed by atoms with van der Waals surface area (Å²) in [5, 5.41) is 8.57. The summed E-state index contributed by atoms with van der Waals surface area (Å²) in [6, 6.07) is 3.03. The molecule has 2 rings (SSSR count). The van der Waals surface area contributed by atoms with Gasteiger partial charge in [0.15, 0.2) is 5.03 Å². The smallest absolute Gasteiger partial charge is 0.257 e. The molecule has 0 amide bonds. The molecule has 0 aromatic carbocycles. The van der Waals surface area contributed by atoms with Crippen LogP contribution in [0, 0.1) is 0 Å². The maximum absolute atomic E-state index is 11.0. The molecule has 0 spiro atoms. The molecule has 2 aromatic heterocycles. The van der Waals surface area contributed by atoms with Crippen molar-refractivity contribution in [3.05, 3.63) is 36.5 Å². The lowest BCUT2D eigenvalue weighted by Gasteiger charge is -1.98. The highest BCUT2D eigenvalue weighted by Crippen LogP contribution is 2.02. The number of primary sulfonamides is 1.